The number of fused-ring (bicyclic) bond motifs is 1. The van der Waals surface area contributed by atoms with Crippen LogP contribution in [0.2, 0.25) is 0 Å². The summed E-state index contributed by atoms with van der Waals surface area (Å²) < 4.78 is 11.0. The van der Waals surface area contributed by atoms with Crippen molar-refractivity contribution in [3.63, 3.8) is 0 Å². The predicted octanol–water partition coefficient (Wildman–Crippen LogP) is 3.32. The van der Waals surface area contributed by atoms with E-state index in [1.165, 1.54) is 0 Å². The van der Waals surface area contributed by atoms with Crippen LogP contribution in [0.1, 0.15) is 0 Å². The topological polar surface area (TPSA) is 107 Å². The lowest BCUT2D eigenvalue weighted by Gasteiger charge is -2.00. The van der Waals surface area contributed by atoms with E-state index in [1.807, 2.05) is 24.3 Å². The van der Waals surface area contributed by atoms with Crippen molar-refractivity contribution in [2.45, 2.75) is 0 Å². The molecule has 7 nitrogen and oxygen atoms in total. The van der Waals surface area contributed by atoms with E-state index in [0.29, 0.717) is 28.4 Å². The lowest BCUT2D eigenvalue weighted by Crippen LogP contribution is -1.95. The predicted molar refractivity (Wildman–Crippen MR) is 88.3 cm³/mol. The van der Waals surface area contributed by atoms with Crippen molar-refractivity contribution in [3.05, 3.63) is 42.5 Å². The second-order valence-electron chi connectivity index (χ2n) is 4.73. The summed E-state index contributed by atoms with van der Waals surface area (Å²) in [6.45, 7) is 0. The Bertz CT molecular complexity index is 992. The Balaban J connectivity index is 1.93. The van der Waals surface area contributed by atoms with E-state index >= 15 is 0 Å². The van der Waals surface area contributed by atoms with Gasteiger partial charge in [-0.3, -0.25) is 5.43 Å². The Morgan fingerprint density at radius 3 is 2.79 bits per heavy atom. The first-order valence-electron chi connectivity index (χ1n) is 6.92. The molecule has 7 heteroatoms. The fourth-order valence-corrected chi connectivity index (χ4v) is 2.07. The number of aromatic nitrogens is 1. The molecule has 3 rings (SSSR count). The first-order chi connectivity index (χ1) is 11.7. The molecule has 0 saturated carbocycles. The second kappa shape index (κ2) is 6.51. The molecule has 0 saturated heterocycles. The largest absolute Gasteiger partial charge is 0.497 e. The maximum atomic E-state index is 8.67. The lowest BCUT2D eigenvalue weighted by molar-refractivity contribution is 0.415. The summed E-state index contributed by atoms with van der Waals surface area (Å²) in [4.78, 5) is 4.44. The van der Waals surface area contributed by atoms with Crippen LogP contribution in [0.3, 0.4) is 0 Å². The molecule has 1 aromatic heterocycles. The molecule has 0 unspecified atom stereocenters. The Hall–Kier alpha value is -3.84. The van der Waals surface area contributed by atoms with E-state index in [4.69, 9.17) is 19.7 Å². The molecule has 0 aliphatic rings. The van der Waals surface area contributed by atoms with Crippen LogP contribution >= 0.6 is 0 Å². The van der Waals surface area contributed by atoms with Gasteiger partial charge in [-0.25, -0.2) is 4.98 Å². The summed E-state index contributed by atoms with van der Waals surface area (Å²) in [6, 6.07) is 15.9. The quantitative estimate of drug-likeness (QED) is 0.584. The van der Waals surface area contributed by atoms with Gasteiger partial charge in [0.1, 0.15) is 23.4 Å². The van der Waals surface area contributed by atoms with E-state index in [-0.39, 0.29) is 5.71 Å². The third-order valence-electron chi connectivity index (χ3n) is 3.21. The van der Waals surface area contributed by atoms with Gasteiger partial charge in [0.2, 0.25) is 11.6 Å². The monoisotopic (exact) mass is 317 g/mol. The highest BCUT2D eigenvalue weighted by atomic mass is 16.5. The van der Waals surface area contributed by atoms with Crippen molar-refractivity contribution < 1.29 is 9.15 Å². The molecule has 116 valence electrons. The minimum absolute atomic E-state index is 0.260. The van der Waals surface area contributed by atoms with Crippen LogP contribution in [0.25, 0.3) is 22.6 Å². The lowest BCUT2D eigenvalue weighted by atomic mass is 10.2. The van der Waals surface area contributed by atoms with Gasteiger partial charge in [-0.2, -0.15) is 15.6 Å². The van der Waals surface area contributed by atoms with Gasteiger partial charge in [0.25, 0.3) is 0 Å². The third kappa shape index (κ3) is 3.01. The SMILES string of the molecule is COc1cccc(-c2nc3ccc(NN=C(C#N)C#N)cc3o2)c1. The maximum absolute atomic E-state index is 8.67. The molecule has 0 spiro atoms. The van der Waals surface area contributed by atoms with Gasteiger partial charge in [0, 0.05) is 11.6 Å². The standard InChI is InChI=1S/C17H11N5O2/c1-23-14-4-2-3-11(7-14)17-20-15-6-5-12(8-16(15)24-17)21-22-13(9-18)10-19/h2-8,21H,1H3. The van der Waals surface area contributed by atoms with Crippen LogP contribution < -0.4 is 10.2 Å². The van der Waals surface area contributed by atoms with Gasteiger partial charge in [-0.1, -0.05) is 6.07 Å². The van der Waals surface area contributed by atoms with E-state index in [2.05, 4.69) is 15.5 Å². The number of ether oxygens (including phenoxy) is 1. The number of hydrazone groups is 1. The van der Waals surface area contributed by atoms with Crippen LogP contribution in [0.4, 0.5) is 5.69 Å². The van der Waals surface area contributed by atoms with Crippen molar-refractivity contribution >= 4 is 22.5 Å². The van der Waals surface area contributed by atoms with Crippen molar-refractivity contribution in [2.75, 3.05) is 12.5 Å². The van der Waals surface area contributed by atoms with E-state index < -0.39 is 0 Å². The molecule has 2 aromatic carbocycles. The van der Waals surface area contributed by atoms with Crippen LogP contribution in [0, 0.1) is 22.7 Å². The first-order valence-corrected chi connectivity index (χ1v) is 6.92. The molecule has 3 aromatic rings. The van der Waals surface area contributed by atoms with Crippen LogP contribution in [0.5, 0.6) is 5.75 Å². The van der Waals surface area contributed by atoms with Crippen LogP contribution in [-0.2, 0) is 0 Å². The summed E-state index contributed by atoms with van der Waals surface area (Å²) in [5.74, 6) is 1.19. The van der Waals surface area contributed by atoms with Gasteiger partial charge in [0.15, 0.2) is 5.58 Å². The minimum atomic E-state index is -0.260. The molecule has 24 heavy (non-hydrogen) atoms. The minimum Gasteiger partial charge on any atom is -0.497 e. The average Bonchev–Trinajstić information content (AvgIpc) is 3.06. The zero-order chi connectivity index (χ0) is 16.9. The Morgan fingerprint density at radius 1 is 1.21 bits per heavy atom. The zero-order valence-electron chi connectivity index (χ0n) is 12.6. The van der Waals surface area contributed by atoms with Crippen molar-refractivity contribution in [1.29, 1.82) is 10.5 Å². The van der Waals surface area contributed by atoms with Crippen molar-refractivity contribution in [2.24, 2.45) is 5.10 Å². The number of benzene rings is 2. The number of rotatable bonds is 4. The molecule has 1 N–H and O–H groups in total. The molecule has 0 aliphatic carbocycles. The summed E-state index contributed by atoms with van der Waals surface area (Å²) in [7, 11) is 1.60. The normalized spacial score (nSPS) is 9.79. The molecular weight excluding hydrogens is 306 g/mol. The van der Waals surface area contributed by atoms with Gasteiger partial charge >= 0.3 is 0 Å². The fraction of sp³-hybridized carbons (Fsp3) is 0.0588. The molecule has 0 amide bonds. The van der Waals surface area contributed by atoms with E-state index in [9.17, 15) is 0 Å². The molecule has 0 aliphatic heterocycles. The van der Waals surface area contributed by atoms with Gasteiger partial charge in [0.05, 0.1) is 12.8 Å². The Kier molecular flexibility index (Phi) is 4.09. The van der Waals surface area contributed by atoms with Crippen molar-refractivity contribution in [1.82, 2.24) is 4.98 Å². The highest BCUT2D eigenvalue weighted by Crippen LogP contribution is 2.28. The van der Waals surface area contributed by atoms with Crippen LogP contribution in [-0.4, -0.2) is 17.8 Å². The van der Waals surface area contributed by atoms with Gasteiger partial charge in [-0.15, -0.1) is 0 Å². The number of nitrogens with one attached hydrogen (secondary N) is 1. The third-order valence-corrected chi connectivity index (χ3v) is 3.21. The fourth-order valence-electron chi connectivity index (χ4n) is 2.07. The zero-order valence-corrected chi connectivity index (χ0v) is 12.6. The van der Waals surface area contributed by atoms with Crippen molar-refractivity contribution in [3.8, 4) is 29.3 Å². The second-order valence-corrected chi connectivity index (χ2v) is 4.73. The summed E-state index contributed by atoms with van der Waals surface area (Å²) in [6.07, 6.45) is 0. The summed E-state index contributed by atoms with van der Waals surface area (Å²) in [5.41, 5.74) is 5.01. The number of hydrogen-bond acceptors (Lipinski definition) is 7. The average molecular weight is 317 g/mol. The summed E-state index contributed by atoms with van der Waals surface area (Å²) in [5, 5.41) is 21.0. The summed E-state index contributed by atoms with van der Waals surface area (Å²) >= 11 is 0. The van der Waals surface area contributed by atoms with Crippen LogP contribution in [0.15, 0.2) is 52.0 Å². The maximum Gasteiger partial charge on any atom is 0.237 e. The highest BCUT2D eigenvalue weighted by Gasteiger charge is 2.09. The smallest absolute Gasteiger partial charge is 0.237 e. The number of nitriles is 2. The number of anilines is 1. The highest BCUT2D eigenvalue weighted by molar-refractivity contribution is 6.10. The number of nitrogens with zero attached hydrogens (tertiary/aromatic N) is 4. The number of methoxy groups -OCH3 is 1. The number of hydrogen-bond donors (Lipinski definition) is 1. The molecular formula is C17H11N5O2. The molecule has 0 fully saturated rings. The molecule has 0 atom stereocenters. The molecule has 1 heterocycles. The van der Waals surface area contributed by atoms with Gasteiger partial charge < -0.3 is 9.15 Å². The van der Waals surface area contributed by atoms with Gasteiger partial charge in [-0.05, 0) is 30.3 Å². The molecule has 0 bridgehead atoms. The first kappa shape index (κ1) is 15.1. The number of oxazole rings is 1. The van der Waals surface area contributed by atoms with E-state index in [0.717, 1.165) is 5.56 Å². The Labute approximate surface area is 137 Å². The Morgan fingerprint density at radius 2 is 2.04 bits per heavy atom. The van der Waals surface area contributed by atoms with E-state index in [1.54, 1.807) is 37.4 Å². The molecule has 0 radical (unpaired) electrons.